The van der Waals surface area contributed by atoms with E-state index in [9.17, 15) is 4.79 Å². The van der Waals surface area contributed by atoms with Crippen molar-refractivity contribution in [1.82, 2.24) is 9.88 Å². The minimum atomic E-state index is -0.460. The van der Waals surface area contributed by atoms with Gasteiger partial charge in [-0.05, 0) is 6.07 Å². The van der Waals surface area contributed by atoms with E-state index in [-0.39, 0.29) is 5.91 Å². The average molecular weight is 283 g/mol. The normalized spacial score (nSPS) is 21.8. The smallest absolute Gasteiger partial charge is 0.255 e. The molecule has 0 unspecified atom stereocenters. The van der Waals surface area contributed by atoms with E-state index in [0.717, 1.165) is 0 Å². The fourth-order valence-corrected chi connectivity index (χ4v) is 2.76. The first-order valence-electron chi connectivity index (χ1n) is 6.37. The Morgan fingerprint density at radius 3 is 2.63 bits per heavy atom. The Hall–Kier alpha value is -1.17. The topological polar surface area (TPSA) is 51.7 Å². The first-order valence-corrected chi connectivity index (χ1v) is 6.75. The molecule has 3 heterocycles. The standard InChI is InChI=1S/C13H15ClN2O3/c14-11-9-15-4-1-10(11)12(17)16-5-2-13(3-6-16)18-7-8-19-13/h1,4,9H,2-3,5-8H2. The van der Waals surface area contributed by atoms with Crippen LogP contribution in [0.5, 0.6) is 0 Å². The third kappa shape index (κ3) is 2.45. The van der Waals surface area contributed by atoms with Gasteiger partial charge in [0.1, 0.15) is 0 Å². The molecule has 3 rings (SSSR count). The summed E-state index contributed by atoms with van der Waals surface area (Å²) in [5, 5.41) is 0.390. The fourth-order valence-electron chi connectivity index (χ4n) is 2.56. The van der Waals surface area contributed by atoms with E-state index in [1.165, 1.54) is 6.20 Å². The Labute approximate surface area is 116 Å². The van der Waals surface area contributed by atoms with Crippen molar-refractivity contribution in [2.24, 2.45) is 0 Å². The van der Waals surface area contributed by atoms with Crippen LogP contribution in [-0.4, -0.2) is 47.9 Å². The lowest BCUT2D eigenvalue weighted by Crippen LogP contribution is -2.47. The van der Waals surface area contributed by atoms with Gasteiger partial charge in [-0.25, -0.2) is 0 Å². The number of piperidine rings is 1. The SMILES string of the molecule is O=C(c1ccncc1Cl)N1CCC2(CC1)OCCO2. The largest absolute Gasteiger partial charge is 0.347 e. The number of pyridine rings is 1. The number of carbonyl (C=O) groups is 1. The van der Waals surface area contributed by atoms with Crippen LogP contribution in [0.3, 0.4) is 0 Å². The summed E-state index contributed by atoms with van der Waals surface area (Å²) in [6.45, 7) is 2.53. The quantitative estimate of drug-likeness (QED) is 0.787. The van der Waals surface area contributed by atoms with Crippen molar-refractivity contribution in [1.29, 1.82) is 0 Å². The van der Waals surface area contributed by atoms with Crippen molar-refractivity contribution in [3.05, 3.63) is 29.0 Å². The highest BCUT2D eigenvalue weighted by Crippen LogP contribution is 2.32. The molecule has 0 saturated carbocycles. The second kappa shape index (κ2) is 5.07. The van der Waals surface area contributed by atoms with Gasteiger partial charge in [0.25, 0.3) is 5.91 Å². The lowest BCUT2D eigenvalue weighted by molar-refractivity contribution is -0.181. The van der Waals surface area contributed by atoms with Crippen LogP contribution in [0.25, 0.3) is 0 Å². The minimum absolute atomic E-state index is 0.0553. The molecule has 0 N–H and O–H groups in total. The van der Waals surface area contributed by atoms with Crippen LogP contribution < -0.4 is 0 Å². The number of aromatic nitrogens is 1. The number of hydrogen-bond acceptors (Lipinski definition) is 4. The Bertz CT molecular complexity index is 479. The molecule has 0 aliphatic carbocycles. The van der Waals surface area contributed by atoms with Gasteiger partial charge in [-0.2, -0.15) is 0 Å². The Kier molecular flexibility index (Phi) is 3.43. The minimum Gasteiger partial charge on any atom is -0.347 e. The maximum Gasteiger partial charge on any atom is 0.255 e. The number of halogens is 1. The number of likely N-dealkylation sites (tertiary alicyclic amines) is 1. The van der Waals surface area contributed by atoms with Crippen LogP contribution >= 0.6 is 11.6 Å². The van der Waals surface area contributed by atoms with Crippen molar-refractivity contribution in [3.63, 3.8) is 0 Å². The van der Waals surface area contributed by atoms with Crippen molar-refractivity contribution in [2.75, 3.05) is 26.3 Å². The Morgan fingerprint density at radius 1 is 1.32 bits per heavy atom. The molecule has 5 nitrogen and oxygen atoms in total. The Balaban J connectivity index is 1.68. The molecule has 0 radical (unpaired) electrons. The van der Waals surface area contributed by atoms with Crippen molar-refractivity contribution in [3.8, 4) is 0 Å². The van der Waals surface area contributed by atoms with Gasteiger partial charge in [-0.15, -0.1) is 0 Å². The molecule has 0 aromatic carbocycles. The maximum absolute atomic E-state index is 12.4. The molecule has 6 heteroatoms. The van der Waals surface area contributed by atoms with E-state index in [2.05, 4.69) is 4.98 Å². The highest BCUT2D eigenvalue weighted by molar-refractivity contribution is 6.33. The third-order valence-electron chi connectivity index (χ3n) is 3.63. The van der Waals surface area contributed by atoms with Crippen molar-refractivity contribution >= 4 is 17.5 Å². The van der Waals surface area contributed by atoms with E-state index in [1.54, 1.807) is 17.2 Å². The molecular weight excluding hydrogens is 268 g/mol. The summed E-state index contributed by atoms with van der Waals surface area (Å²) in [7, 11) is 0. The zero-order chi connectivity index (χ0) is 13.3. The molecule has 0 atom stereocenters. The highest BCUT2D eigenvalue weighted by Gasteiger charge is 2.40. The summed E-state index contributed by atoms with van der Waals surface area (Å²) in [6, 6.07) is 1.65. The van der Waals surface area contributed by atoms with Gasteiger partial charge >= 0.3 is 0 Å². The molecule has 0 bridgehead atoms. The van der Waals surface area contributed by atoms with Crippen molar-refractivity contribution in [2.45, 2.75) is 18.6 Å². The van der Waals surface area contributed by atoms with Crippen LogP contribution in [-0.2, 0) is 9.47 Å². The van der Waals surface area contributed by atoms with Crippen molar-refractivity contribution < 1.29 is 14.3 Å². The second-order valence-electron chi connectivity index (χ2n) is 4.76. The number of hydrogen-bond donors (Lipinski definition) is 0. The first-order chi connectivity index (χ1) is 9.20. The average Bonchev–Trinajstić information content (AvgIpc) is 2.88. The van der Waals surface area contributed by atoms with Gasteiger partial charge in [-0.1, -0.05) is 11.6 Å². The number of ether oxygens (including phenoxy) is 2. The molecule has 1 spiro atoms. The highest BCUT2D eigenvalue weighted by atomic mass is 35.5. The molecule has 1 aromatic heterocycles. The third-order valence-corrected chi connectivity index (χ3v) is 3.93. The summed E-state index contributed by atoms with van der Waals surface area (Å²) in [4.78, 5) is 18.0. The summed E-state index contributed by atoms with van der Waals surface area (Å²) < 4.78 is 11.3. The second-order valence-corrected chi connectivity index (χ2v) is 5.16. The van der Waals surface area contributed by atoms with Gasteiger partial charge < -0.3 is 14.4 Å². The molecule has 2 fully saturated rings. The lowest BCUT2D eigenvalue weighted by atomic mass is 10.0. The fraction of sp³-hybridized carbons (Fsp3) is 0.538. The van der Waals surface area contributed by atoms with E-state index in [4.69, 9.17) is 21.1 Å². The zero-order valence-electron chi connectivity index (χ0n) is 10.5. The molecular formula is C13H15ClN2O3. The zero-order valence-corrected chi connectivity index (χ0v) is 11.2. The van der Waals surface area contributed by atoms with Gasteiger partial charge in [0.2, 0.25) is 0 Å². The molecule has 102 valence electrons. The van der Waals surface area contributed by atoms with Gasteiger partial charge in [0, 0.05) is 38.3 Å². The van der Waals surface area contributed by atoms with Gasteiger partial charge in [0.15, 0.2) is 5.79 Å². The molecule has 2 aliphatic rings. The summed E-state index contributed by atoms with van der Waals surface area (Å²) >= 11 is 6.00. The summed E-state index contributed by atoms with van der Waals surface area (Å²) in [6.07, 6.45) is 4.49. The van der Waals surface area contributed by atoms with Gasteiger partial charge in [-0.3, -0.25) is 9.78 Å². The number of amides is 1. The summed E-state index contributed by atoms with van der Waals surface area (Å²) in [5.41, 5.74) is 0.501. The predicted octanol–water partition coefficient (Wildman–Crippen LogP) is 1.71. The molecule has 1 amide bonds. The predicted molar refractivity (Wildman–Crippen MR) is 69.0 cm³/mol. The van der Waals surface area contributed by atoms with E-state index in [1.807, 2.05) is 0 Å². The van der Waals surface area contributed by atoms with Crippen LogP contribution in [0.1, 0.15) is 23.2 Å². The number of carbonyl (C=O) groups excluding carboxylic acids is 1. The van der Waals surface area contributed by atoms with Gasteiger partial charge in [0.05, 0.1) is 23.8 Å². The molecule has 19 heavy (non-hydrogen) atoms. The first kappa shape index (κ1) is 12.8. The molecule has 1 aromatic rings. The van der Waals surface area contributed by atoms with Crippen LogP contribution in [0, 0.1) is 0 Å². The van der Waals surface area contributed by atoms with E-state index >= 15 is 0 Å². The summed E-state index contributed by atoms with van der Waals surface area (Å²) in [5.74, 6) is -0.515. The lowest BCUT2D eigenvalue weighted by Gasteiger charge is -2.37. The number of nitrogens with zero attached hydrogens (tertiary/aromatic N) is 2. The monoisotopic (exact) mass is 282 g/mol. The molecule has 2 aliphatic heterocycles. The van der Waals surface area contributed by atoms with E-state index in [0.29, 0.717) is 49.7 Å². The number of rotatable bonds is 1. The van der Waals surface area contributed by atoms with Crippen LogP contribution in [0.2, 0.25) is 5.02 Å². The molecule has 2 saturated heterocycles. The maximum atomic E-state index is 12.4. The Morgan fingerprint density at radius 2 is 2.00 bits per heavy atom. The van der Waals surface area contributed by atoms with Crippen LogP contribution in [0.4, 0.5) is 0 Å². The van der Waals surface area contributed by atoms with E-state index < -0.39 is 5.79 Å². The van der Waals surface area contributed by atoms with Crippen LogP contribution in [0.15, 0.2) is 18.5 Å².